The van der Waals surface area contributed by atoms with E-state index in [4.69, 9.17) is 0 Å². The number of fused-ring (bicyclic) bond motifs is 1. The largest absolute Gasteiger partial charge is 0.341 e. The van der Waals surface area contributed by atoms with Crippen LogP contribution < -0.4 is 0 Å². The molecule has 4 nitrogen and oxygen atoms in total. The summed E-state index contributed by atoms with van der Waals surface area (Å²) in [5.74, 6) is 0.542. The fourth-order valence-electron chi connectivity index (χ4n) is 3.28. The normalized spacial score (nSPS) is 17.8. The van der Waals surface area contributed by atoms with Gasteiger partial charge < -0.3 is 9.80 Å². The second kappa shape index (κ2) is 7.14. The van der Waals surface area contributed by atoms with Gasteiger partial charge in [0.05, 0.1) is 11.3 Å². The topological polar surface area (TPSA) is 36.4 Å². The minimum Gasteiger partial charge on any atom is -0.341 e. The zero-order chi connectivity index (χ0) is 17.1. The Bertz CT molecular complexity index is 712. The Morgan fingerprint density at radius 1 is 1.21 bits per heavy atom. The molecular formula is C20H25N3O. The molecule has 4 heteroatoms. The highest BCUT2D eigenvalue weighted by Crippen LogP contribution is 2.26. The van der Waals surface area contributed by atoms with Crippen LogP contribution in [-0.4, -0.2) is 54.9 Å². The van der Waals surface area contributed by atoms with Gasteiger partial charge in [-0.2, -0.15) is 0 Å². The van der Waals surface area contributed by atoms with E-state index in [9.17, 15) is 4.79 Å². The van der Waals surface area contributed by atoms with E-state index in [2.05, 4.69) is 24.0 Å². The first kappa shape index (κ1) is 16.7. The molecule has 1 aromatic carbocycles. The molecule has 0 saturated carbocycles. The fourth-order valence-corrected chi connectivity index (χ4v) is 3.28. The smallest absolute Gasteiger partial charge is 0.255 e. The Morgan fingerprint density at radius 3 is 2.67 bits per heavy atom. The minimum absolute atomic E-state index is 0.0858. The number of amides is 1. The van der Waals surface area contributed by atoms with Crippen molar-refractivity contribution in [3.8, 4) is 11.1 Å². The monoisotopic (exact) mass is 323 g/mol. The Kier molecular flexibility index (Phi) is 4.95. The van der Waals surface area contributed by atoms with Crippen LogP contribution in [0.25, 0.3) is 11.1 Å². The number of hydrogen-bond acceptors (Lipinski definition) is 3. The number of pyridine rings is 1. The Balaban J connectivity index is 1.91. The molecular weight excluding hydrogens is 298 g/mol. The summed E-state index contributed by atoms with van der Waals surface area (Å²) in [5, 5.41) is 0. The van der Waals surface area contributed by atoms with E-state index in [1.807, 2.05) is 54.5 Å². The summed E-state index contributed by atoms with van der Waals surface area (Å²) in [7, 11) is 6.07. The summed E-state index contributed by atoms with van der Waals surface area (Å²) in [6.45, 7) is 1.83. The van der Waals surface area contributed by atoms with Crippen molar-refractivity contribution in [3.05, 3.63) is 53.9 Å². The van der Waals surface area contributed by atoms with E-state index in [1.165, 1.54) is 0 Å². The van der Waals surface area contributed by atoms with E-state index in [0.717, 1.165) is 48.3 Å². The van der Waals surface area contributed by atoms with Crippen LogP contribution in [0.4, 0.5) is 0 Å². The van der Waals surface area contributed by atoms with Gasteiger partial charge in [0.15, 0.2) is 0 Å². The number of benzene rings is 1. The summed E-state index contributed by atoms with van der Waals surface area (Å²) in [5.41, 5.74) is 3.79. The summed E-state index contributed by atoms with van der Waals surface area (Å²) >= 11 is 0. The van der Waals surface area contributed by atoms with Crippen LogP contribution in [-0.2, 0) is 6.42 Å². The highest BCUT2D eigenvalue weighted by atomic mass is 16.2. The van der Waals surface area contributed by atoms with Gasteiger partial charge in [0.1, 0.15) is 0 Å². The molecule has 3 rings (SSSR count). The van der Waals surface area contributed by atoms with E-state index >= 15 is 0 Å². The lowest BCUT2D eigenvalue weighted by Gasteiger charge is -2.21. The summed E-state index contributed by atoms with van der Waals surface area (Å²) in [6.07, 6.45) is 3.84. The molecule has 2 aromatic rings. The minimum atomic E-state index is 0.0858. The van der Waals surface area contributed by atoms with Crippen LogP contribution in [0.3, 0.4) is 0 Å². The highest BCUT2D eigenvalue weighted by Gasteiger charge is 2.26. The molecule has 24 heavy (non-hydrogen) atoms. The molecule has 0 N–H and O–H groups in total. The molecule has 1 amide bonds. The molecule has 1 unspecified atom stereocenters. The summed E-state index contributed by atoms with van der Waals surface area (Å²) in [4.78, 5) is 21.5. The first-order valence-corrected chi connectivity index (χ1v) is 8.49. The lowest BCUT2D eigenvalue weighted by molar-refractivity contribution is 0.0779. The molecule has 1 atom stereocenters. The third kappa shape index (κ3) is 3.65. The molecule has 1 aromatic heterocycles. The summed E-state index contributed by atoms with van der Waals surface area (Å²) < 4.78 is 0. The number of nitrogens with zero attached hydrogens (tertiary/aromatic N) is 3. The van der Waals surface area contributed by atoms with E-state index in [1.54, 1.807) is 0 Å². The lowest BCUT2D eigenvalue weighted by Crippen LogP contribution is -2.31. The van der Waals surface area contributed by atoms with Gasteiger partial charge in [-0.15, -0.1) is 0 Å². The van der Waals surface area contributed by atoms with Crippen molar-refractivity contribution in [2.45, 2.75) is 12.8 Å². The van der Waals surface area contributed by atoms with Crippen LogP contribution >= 0.6 is 0 Å². The number of carbonyl (C=O) groups excluding carboxylic acids is 1. The standard InChI is InChI=1S/C20H25N3O/c1-22(2)10-9-15-11-19-18(20(24)23(3)14-15)12-17(13-21-19)16-7-5-4-6-8-16/h4-8,12-13,15H,9-11,14H2,1-3H3. The van der Waals surface area contributed by atoms with Crippen LogP contribution in [0.15, 0.2) is 42.6 Å². The molecule has 1 aliphatic rings. The molecule has 126 valence electrons. The molecule has 0 spiro atoms. The predicted octanol–water partition coefficient (Wildman–Crippen LogP) is 2.94. The summed E-state index contributed by atoms with van der Waals surface area (Å²) in [6, 6.07) is 12.1. The Hall–Kier alpha value is -2.20. The maximum Gasteiger partial charge on any atom is 0.255 e. The van der Waals surface area contributed by atoms with Gasteiger partial charge >= 0.3 is 0 Å². The molecule has 0 fully saturated rings. The zero-order valence-electron chi connectivity index (χ0n) is 14.7. The van der Waals surface area contributed by atoms with Crippen LogP contribution in [0, 0.1) is 5.92 Å². The third-order valence-electron chi connectivity index (χ3n) is 4.65. The molecule has 0 saturated heterocycles. The van der Waals surface area contributed by atoms with Crippen molar-refractivity contribution in [2.75, 3.05) is 34.2 Å². The van der Waals surface area contributed by atoms with Crippen LogP contribution in [0.2, 0.25) is 0 Å². The quantitative estimate of drug-likeness (QED) is 0.868. The first-order valence-electron chi connectivity index (χ1n) is 8.49. The molecule has 0 bridgehead atoms. The van der Waals surface area contributed by atoms with Crippen LogP contribution in [0.5, 0.6) is 0 Å². The Labute approximate surface area is 144 Å². The molecule has 1 aliphatic heterocycles. The number of carbonyl (C=O) groups is 1. The first-order chi connectivity index (χ1) is 11.5. The third-order valence-corrected chi connectivity index (χ3v) is 4.65. The number of rotatable bonds is 4. The van der Waals surface area contributed by atoms with Crippen molar-refractivity contribution in [1.29, 1.82) is 0 Å². The van der Waals surface area contributed by atoms with Crippen molar-refractivity contribution in [3.63, 3.8) is 0 Å². The van der Waals surface area contributed by atoms with Gasteiger partial charge in [0, 0.05) is 25.4 Å². The fraction of sp³-hybridized carbons (Fsp3) is 0.400. The van der Waals surface area contributed by atoms with Crippen molar-refractivity contribution < 1.29 is 4.79 Å². The Morgan fingerprint density at radius 2 is 1.96 bits per heavy atom. The number of hydrogen-bond donors (Lipinski definition) is 0. The number of aromatic nitrogens is 1. The van der Waals surface area contributed by atoms with E-state index < -0.39 is 0 Å². The van der Waals surface area contributed by atoms with Gasteiger partial charge in [-0.05, 0) is 51.0 Å². The second-order valence-corrected chi connectivity index (χ2v) is 6.93. The average molecular weight is 323 g/mol. The van der Waals surface area contributed by atoms with Gasteiger partial charge in [0.25, 0.3) is 5.91 Å². The van der Waals surface area contributed by atoms with Gasteiger partial charge in [-0.3, -0.25) is 9.78 Å². The van der Waals surface area contributed by atoms with Gasteiger partial charge in [-0.1, -0.05) is 30.3 Å². The predicted molar refractivity (Wildman–Crippen MR) is 97.0 cm³/mol. The molecule has 0 aliphatic carbocycles. The van der Waals surface area contributed by atoms with Gasteiger partial charge in [0.2, 0.25) is 0 Å². The highest BCUT2D eigenvalue weighted by molar-refractivity contribution is 5.96. The maximum absolute atomic E-state index is 12.8. The molecule has 0 radical (unpaired) electrons. The van der Waals surface area contributed by atoms with E-state index in [-0.39, 0.29) is 5.91 Å². The van der Waals surface area contributed by atoms with Crippen molar-refractivity contribution in [1.82, 2.24) is 14.8 Å². The zero-order valence-corrected chi connectivity index (χ0v) is 14.7. The SMILES string of the molecule is CN(C)CCC1Cc2ncc(-c3ccccc3)cc2C(=O)N(C)C1. The van der Waals surface area contributed by atoms with Gasteiger partial charge in [-0.25, -0.2) is 0 Å². The van der Waals surface area contributed by atoms with Crippen molar-refractivity contribution >= 4 is 5.91 Å². The van der Waals surface area contributed by atoms with E-state index in [0.29, 0.717) is 5.92 Å². The molecule has 2 heterocycles. The maximum atomic E-state index is 12.8. The van der Waals surface area contributed by atoms with Crippen molar-refractivity contribution in [2.24, 2.45) is 5.92 Å². The lowest BCUT2D eigenvalue weighted by atomic mass is 9.97. The second-order valence-electron chi connectivity index (χ2n) is 6.93. The van der Waals surface area contributed by atoms with Crippen LogP contribution in [0.1, 0.15) is 22.5 Å². The average Bonchev–Trinajstić information content (AvgIpc) is 2.71.